The lowest BCUT2D eigenvalue weighted by Crippen LogP contribution is -2.44. The highest BCUT2D eigenvalue weighted by Crippen LogP contribution is 2.33. The van der Waals surface area contributed by atoms with E-state index in [1.807, 2.05) is 48.3 Å². The van der Waals surface area contributed by atoms with E-state index in [4.69, 9.17) is 0 Å². The molecule has 1 saturated heterocycles. The van der Waals surface area contributed by atoms with Crippen molar-refractivity contribution >= 4 is 17.3 Å². The third-order valence-corrected chi connectivity index (χ3v) is 7.16. The number of likely N-dealkylation sites (tertiary alicyclic amines) is 1. The van der Waals surface area contributed by atoms with E-state index < -0.39 is 0 Å². The van der Waals surface area contributed by atoms with E-state index in [-0.39, 0.29) is 18.0 Å². The molecule has 0 saturated carbocycles. The number of carbonyl (C=O) groups is 1. The normalized spacial score (nSPS) is 15.7. The van der Waals surface area contributed by atoms with E-state index in [0.717, 1.165) is 30.9 Å². The molecule has 182 valence electrons. The molecule has 0 radical (unpaired) electrons. The number of hydrogen-bond donors (Lipinski definition) is 0. The second kappa shape index (κ2) is 11.2. The Morgan fingerprint density at radius 1 is 0.750 bits per heavy atom. The molecule has 4 aromatic carbocycles. The van der Waals surface area contributed by atoms with Crippen LogP contribution in [0.15, 0.2) is 121 Å². The third kappa shape index (κ3) is 5.34. The van der Waals surface area contributed by atoms with Crippen molar-refractivity contribution in [1.82, 2.24) is 9.80 Å². The van der Waals surface area contributed by atoms with Crippen LogP contribution < -0.4 is 4.90 Å². The first-order valence-electron chi connectivity index (χ1n) is 12.7. The summed E-state index contributed by atoms with van der Waals surface area (Å²) in [6.45, 7) is 2.12. The molecule has 1 aliphatic heterocycles. The molecule has 0 spiro atoms. The highest BCUT2D eigenvalue weighted by Gasteiger charge is 2.34. The van der Waals surface area contributed by atoms with Crippen molar-refractivity contribution in [3.8, 4) is 0 Å². The predicted molar refractivity (Wildman–Crippen MR) is 147 cm³/mol. The van der Waals surface area contributed by atoms with Crippen LogP contribution >= 0.6 is 0 Å². The van der Waals surface area contributed by atoms with Crippen LogP contribution in [0.5, 0.6) is 0 Å². The van der Waals surface area contributed by atoms with Crippen LogP contribution in [-0.2, 0) is 4.79 Å². The predicted octanol–water partition coefficient (Wildman–Crippen LogP) is 6.15. The number of rotatable bonds is 8. The lowest BCUT2D eigenvalue weighted by molar-refractivity contribution is -0.130. The molecule has 0 aliphatic carbocycles. The number of hydrogen-bond acceptors (Lipinski definition) is 3. The van der Waals surface area contributed by atoms with Crippen LogP contribution in [0.3, 0.4) is 0 Å². The van der Waals surface area contributed by atoms with Gasteiger partial charge in [-0.25, -0.2) is 0 Å². The van der Waals surface area contributed by atoms with Crippen molar-refractivity contribution in [2.75, 3.05) is 31.6 Å². The number of anilines is 2. The van der Waals surface area contributed by atoms with Crippen molar-refractivity contribution < 1.29 is 4.79 Å². The van der Waals surface area contributed by atoms with Gasteiger partial charge < -0.3 is 9.80 Å². The monoisotopic (exact) mass is 475 g/mol. The van der Waals surface area contributed by atoms with Gasteiger partial charge in [0.2, 0.25) is 5.91 Å². The molecule has 1 amide bonds. The first-order chi connectivity index (χ1) is 17.7. The number of amides is 1. The average molecular weight is 476 g/mol. The van der Waals surface area contributed by atoms with Gasteiger partial charge >= 0.3 is 0 Å². The zero-order chi connectivity index (χ0) is 24.7. The van der Waals surface area contributed by atoms with E-state index in [9.17, 15) is 4.79 Å². The highest BCUT2D eigenvalue weighted by atomic mass is 16.2. The summed E-state index contributed by atoms with van der Waals surface area (Å²) in [5.74, 6) is 0.130. The van der Waals surface area contributed by atoms with Gasteiger partial charge in [-0.3, -0.25) is 9.69 Å². The summed E-state index contributed by atoms with van der Waals surface area (Å²) in [5.41, 5.74) is 4.62. The molecule has 36 heavy (non-hydrogen) atoms. The van der Waals surface area contributed by atoms with Gasteiger partial charge in [0.25, 0.3) is 0 Å². The molecule has 1 atom stereocenters. The van der Waals surface area contributed by atoms with Crippen LogP contribution in [0.4, 0.5) is 11.4 Å². The van der Waals surface area contributed by atoms with Gasteiger partial charge in [-0.1, -0.05) is 97.1 Å². The maximum absolute atomic E-state index is 13.6. The number of carbonyl (C=O) groups excluding carboxylic acids is 1. The molecule has 4 aromatic rings. The van der Waals surface area contributed by atoms with Crippen molar-refractivity contribution in [2.45, 2.75) is 18.5 Å². The van der Waals surface area contributed by atoms with Crippen LogP contribution in [0.25, 0.3) is 0 Å². The van der Waals surface area contributed by atoms with Crippen molar-refractivity contribution in [1.29, 1.82) is 0 Å². The summed E-state index contributed by atoms with van der Waals surface area (Å²) in [7, 11) is 1.96. The average Bonchev–Trinajstić information content (AvgIpc) is 3.43. The number of nitrogens with zero attached hydrogens (tertiary/aromatic N) is 3. The van der Waals surface area contributed by atoms with Crippen molar-refractivity contribution in [2.24, 2.45) is 0 Å². The van der Waals surface area contributed by atoms with Crippen molar-refractivity contribution in [3.63, 3.8) is 0 Å². The summed E-state index contributed by atoms with van der Waals surface area (Å²) < 4.78 is 0. The minimum atomic E-state index is 0.130. The van der Waals surface area contributed by atoms with Crippen LogP contribution in [0, 0.1) is 0 Å². The molecule has 1 aliphatic rings. The van der Waals surface area contributed by atoms with Gasteiger partial charge in [-0.2, -0.15) is 0 Å². The molecule has 0 bridgehead atoms. The second-order valence-electron chi connectivity index (χ2n) is 9.42. The molecule has 1 unspecified atom stereocenters. The summed E-state index contributed by atoms with van der Waals surface area (Å²) in [5, 5.41) is 0. The lowest BCUT2D eigenvalue weighted by atomic mass is 9.97. The summed E-state index contributed by atoms with van der Waals surface area (Å²) in [6.07, 6.45) is 0.967. The Morgan fingerprint density at radius 2 is 1.19 bits per heavy atom. The minimum absolute atomic E-state index is 0.130. The highest BCUT2D eigenvalue weighted by molar-refractivity contribution is 5.84. The number of para-hydroxylation sites is 2. The zero-order valence-electron chi connectivity index (χ0n) is 20.8. The van der Waals surface area contributed by atoms with E-state index >= 15 is 0 Å². The largest absolute Gasteiger partial charge is 0.340 e. The molecule has 5 rings (SSSR count). The Hall–Kier alpha value is -3.89. The Balaban J connectivity index is 1.32. The van der Waals surface area contributed by atoms with Gasteiger partial charge in [-0.05, 0) is 41.8 Å². The quantitative estimate of drug-likeness (QED) is 0.306. The van der Waals surface area contributed by atoms with Crippen molar-refractivity contribution in [3.05, 3.63) is 132 Å². The topological polar surface area (TPSA) is 26.8 Å². The summed E-state index contributed by atoms with van der Waals surface area (Å²) in [6, 6.07) is 42.1. The molecule has 4 heteroatoms. The molecule has 4 nitrogen and oxygen atoms in total. The molecular formula is C32H33N3O. The van der Waals surface area contributed by atoms with Crippen LogP contribution in [0.2, 0.25) is 0 Å². The minimum Gasteiger partial charge on any atom is -0.340 e. The van der Waals surface area contributed by atoms with Gasteiger partial charge in [0.1, 0.15) is 6.54 Å². The Morgan fingerprint density at radius 3 is 1.67 bits per heavy atom. The smallest absolute Gasteiger partial charge is 0.242 e. The van der Waals surface area contributed by atoms with E-state index in [2.05, 4.69) is 94.7 Å². The van der Waals surface area contributed by atoms with Crippen LogP contribution in [0.1, 0.15) is 23.6 Å². The Bertz CT molecular complexity index is 1150. The maximum atomic E-state index is 13.6. The summed E-state index contributed by atoms with van der Waals surface area (Å²) >= 11 is 0. The molecular weight excluding hydrogens is 442 g/mol. The van der Waals surface area contributed by atoms with Gasteiger partial charge in [0.05, 0.1) is 6.04 Å². The molecule has 1 fully saturated rings. The lowest BCUT2D eigenvalue weighted by Gasteiger charge is -2.32. The SMILES string of the molecule is CN(C(=O)CN(c1ccccc1)c1ccccc1)C1CCN(C(c2ccccc2)c2ccccc2)C1. The first-order valence-corrected chi connectivity index (χ1v) is 12.7. The second-order valence-corrected chi connectivity index (χ2v) is 9.42. The maximum Gasteiger partial charge on any atom is 0.242 e. The van der Waals surface area contributed by atoms with E-state index in [0.29, 0.717) is 6.54 Å². The third-order valence-electron chi connectivity index (χ3n) is 7.16. The van der Waals surface area contributed by atoms with Gasteiger partial charge in [0, 0.05) is 37.6 Å². The fourth-order valence-electron chi connectivity index (χ4n) is 5.20. The number of likely N-dealkylation sites (N-methyl/N-ethyl adjacent to an activating group) is 1. The molecule has 0 aromatic heterocycles. The van der Waals surface area contributed by atoms with Gasteiger partial charge in [0.15, 0.2) is 0 Å². The van der Waals surface area contributed by atoms with E-state index in [1.54, 1.807) is 0 Å². The fourth-order valence-corrected chi connectivity index (χ4v) is 5.20. The van der Waals surface area contributed by atoms with Gasteiger partial charge in [-0.15, -0.1) is 0 Å². The fraction of sp³-hybridized carbons (Fsp3) is 0.219. The molecule has 0 N–H and O–H groups in total. The summed E-state index contributed by atoms with van der Waals surface area (Å²) in [4.78, 5) is 20.2. The van der Waals surface area contributed by atoms with Crippen LogP contribution in [-0.4, -0.2) is 48.4 Å². The zero-order valence-corrected chi connectivity index (χ0v) is 20.8. The standard InChI is InChI=1S/C32H33N3O/c1-33(31(36)25-35(28-18-10-4-11-19-28)29-20-12-5-13-21-29)30-22-23-34(24-30)32(26-14-6-2-7-15-26)27-16-8-3-9-17-27/h2-21,30,32H,22-25H2,1H3. The Kier molecular flexibility index (Phi) is 7.44. The van der Waals surface area contributed by atoms with E-state index in [1.165, 1.54) is 11.1 Å². The number of benzene rings is 4. The Labute approximate surface area is 214 Å². The first kappa shape index (κ1) is 23.8. The molecule has 1 heterocycles.